The van der Waals surface area contributed by atoms with E-state index in [0.29, 0.717) is 16.5 Å². The van der Waals surface area contributed by atoms with Gasteiger partial charge in [0, 0.05) is 23.4 Å². The number of hydrogen-bond acceptors (Lipinski definition) is 8. The van der Waals surface area contributed by atoms with Crippen LogP contribution in [0.2, 0.25) is 0 Å². The molecular weight excluding hydrogens is 578 g/mol. The normalized spacial score (nSPS) is 16.5. The van der Waals surface area contributed by atoms with Crippen LogP contribution < -0.4 is 0 Å². The first kappa shape index (κ1) is 29.5. The number of carbonyl (C=O) groups is 2. The molecule has 1 heterocycles. The van der Waals surface area contributed by atoms with Crippen molar-refractivity contribution in [2.24, 2.45) is 5.41 Å². The highest BCUT2D eigenvalue weighted by Gasteiger charge is 2.55. The van der Waals surface area contributed by atoms with Crippen molar-refractivity contribution in [1.29, 1.82) is 0 Å². The average Bonchev–Trinajstić information content (AvgIpc) is 3.31. The molecule has 0 saturated heterocycles. The molecule has 0 amide bonds. The molecule has 0 aliphatic heterocycles. The summed E-state index contributed by atoms with van der Waals surface area (Å²) < 4.78 is 67.5. The van der Waals surface area contributed by atoms with E-state index < -0.39 is 48.9 Å². The van der Waals surface area contributed by atoms with Crippen LogP contribution in [0.3, 0.4) is 0 Å². The Morgan fingerprint density at radius 3 is 1.88 bits per heavy atom. The fourth-order valence-electron chi connectivity index (χ4n) is 5.89. The maximum atomic E-state index is 14.3. The number of sulfone groups is 1. The van der Waals surface area contributed by atoms with E-state index >= 15 is 0 Å². The molecule has 1 aliphatic carbocycles. The number of ether oxygens (including phenoxy) is 2. The van der Waals surface area contributed by atoms with Crippen molar-refractivity contribution in [1.82, 2.24) is 3.97 Å². The predicted molar refractivity (Wildman–Crippen MR) is 156 cm³/mol. The lowest BCUT2D eigenvalue weighted by molar-refractivity contribution is -0.170. The topological polar surface area (TPSA) is 126 Å². The Labute approximate surface area is 245 Å². The van der Waals surface area contributed by atoms with Crippen molar-refractivity contribution in [3.63, 3.8) is 0 Å². The van der Waals surface area contributed by atoms with Gasteiger partial charge in [-0.1, -0.05) is 53.6 Å². The molecule has 0 fully saturated rings. The molecule has 1 atom stereocenters. The minimum atomic E-state index is -4.24. The molecule has 220 valence electrons. The molecule has 1 aromatic heterocycles. The Morgan fingerprint density at radius 2 is 1.33 bits per heavy atom. The van der Waals surface area contributed by atoms with Gasteiger partial charge < -0.3 is 9.47 Å². The van der Waals surface area contributed by atoms with Gasteiger partial charge >= 0.3 is 11.9 Å². The first-order valence-electron chi connectivity index (χ1n) is 13.3. The largest absolute Gasteiger partial charge is 0.468 e. The van der Waals surface area contributed by atoms with E-state index in [-0.39, 0.29) is 28.3 Å². The molecule has 0 spiro atoms. The highest BCUT2D eigenvalue weighted by atomic mass is 32.2. The second kappa shape index (κ2) is 10.7. The Balaban J connectivity index is 1.82. The highest BCUT2D eigenvalue weighted by molar-refractivity contribution is 7.91. The summed E-state index contributed by atoms with van der Waals surface area (Å²) in [6.07, 6.45) is -0.552. The van der Waals surface area contributed by atoms with Crippen molar-refractivity contribution < 1.29 is 35.9 Å². The number of aromatic nitrogens is 1. The molecule has 5 rings (SSSR count). The Morgan fingerprint density at radius 1 is 0.810 bits per heavy atom. The smallest absolute Gasteiger partial charge is 0.323 e. The number of carbonyl (C=O) groups excluding carboxylic acids is 2. The fraction of sp³-hybridized carbons (Fsp3) is 0.290. The lowest BCUT2D eigenvalue weighted by Gasteiger charge is -2.37. The van der Waals surface area contributed by atoms with Crippen LogP contribution in [0.5, 0.6) is 0 Å². The van der Waals surface area contributed by atoms with Gasteiger partial charge in [0.05, 0.1) is 35.3 Å². The molecule has 0 radical (unpaired) electrons. The molecule has 11 heteroatoms. The molecule has 0 bridgehead atoms. The van der Waals surface area contributed by atoms with Crippen molar-refractivity contribution in [2.45, 2.75) is 42.4 Å². The van der Waals surface area contributed by atoms with E-state index in [9.17, 15) is 26.4 Å². The molecule has 1 unspecified atom stereocenters. The quantitative estimate of drug-likeness (QED) is 0.224. The number of fused-ring (bicyclic) bond motifs is 3. The van der Waals surface area contributed by atoms with Crippen LogP contribution in [-0.4, -0.2) is 52.7 Å². The average molecular weight is 610 g/mol. The Bertz CT molecular complexity index is 1890. The zero-order valence-electron chi connectivity index (χ0n) is 23.7. The minimum absolute atomic E-state index is 0.0227. The van der Waals surface area contributed by atoms with Gasteiger partial charge in [-0.15, -0.1) is 0 Å². The Hall–Kier alpha value is -3.96. The zero-order chi connectivity index (χ0) is 30.4. The van der Waals surface area contributed by atoms with Crippen LogP contribution in [0.1, 0.15) is 34.7 Å². The summed E-state index contributed by atoms with van der Waals surface area (Å²) in [5, 5.41) is 0.484. The van der Waals surface area contributed by atoms with E-state index in [2.05, 4.69) is 0 Å². The number of benzene rings is 3. The fourth-order valence-corrected chi connectivity index (χ4v) is 9.07. The summed E-state index contributed by atoms with van der Waals surface area (Å²) in [5.41, 5.74) is 0.770. The second-order valence-corrected chi connectivity index (χ2v) is 14.5. The van der Waals surface area contributed by atoms with Gasteiger partial charge in [0.15, 0.2) is 15.3 Å². The van der Waals surface area contributed by atoms with Crippen LogP contribution >= 0.6 is 0 Å². The van der Waals surface area contributed by atoms with Crippen molar-refractivity contribution in [3.8, 4) is 0 Å². The summed E-state index contributed by atoms with van der Waals surface area (Å²) in [6, 6.07) is 19.4. The maximum Gasteiger partial charge on any atom is 0.323 e. The van der Waals surface area contributed by atoms with Gasteiger partial charge in [0.1, 0.15) is 0 Å². The summed E-state index contributed by atoms with van der Waals surface area (Å²) in [5.74, 6) is -3.41. The number of hydrogen-bond donors (Lipinski definition) is 0. The third kappa shape index (κ3) is 4.80. The van der Waals surface area contributed by atoms with Gasteiger partial charge in [-0.05, 0) is 56.2 Å². The number of nitrogens with zero attached hydrogens (tertiary/aromatic N) is 1. The molecular formula is C31H31NO8S2. The van der Waals surface area contributed by atoms with Crippen LogP contribution in [-0.2, 0) is 45.3 Å². The first-order valence-corrected chi connectivity index (χ1v) is 16.4. The first-order chi connectivity index (χ1) is 19.9. The van der Waals surface area contributed by atoms with Gasteiger partial charge in [0.2, 0.25) is 0 Å². The number of methoxy groups -OCH3 is 2. The maximum absolute atomic E-state index is 14.3. The molecule has 1 aliphatic rings. The van der Waals surface area contributed by atoms with Crippen LogP contribution in [0.15, 0.2) is 82.6 Å². The van der Waals surface area contributed by atoms with E-state index in [1.807, 2.05) is 13.8 Å². The highest BCUT2D eigenvalue weighted by Crippen LogP contribution is 2.49. The van der Waals surface area contributed by atoms with E-state index in [1.54, 1.807) is 48.5 Å². The molecule has 9 nitrogen and oxygen atoms in total. The number of aryl methyl sites for hydroxylation is 2. The SMILES string of the molecule is COC(=O)C1(C(=O)OC)Cc2c(n(S(=O)(=O)c3ccc(C)cc3)c3ccccc23)C(CS(=O)(=O)c2ccc(C)cc2)C1. The van der Waals surface area contributed by atoms with Gasteiger partial charge in [0.25, 0.3) is 10.0 Å². The molecule has 3 aromatic carbocycles. The summed E-state index contributed by atoms with van der Waals surface area (Å²) in [6.45, 7) is 3.67. The van der Waals surface area contributed by atoms with Gasteiger partial charge in [-0.3, -0.25) is 9.59 Å². The number of para-hydroxylation sites is 1. The van der Waals surface area contributed by atoms with E-state index in [4.69, 9.17) is 9.47 Å². The summed E-state index contributed by atoms with van der Waals surface area (Å²) in [4.78, 5) is 26.7. The third-order valence-corrected chi connectivity index (χ3v) is 11.5. The van der Waals surface area contributed by atoms with Crippen LogP contribution in [0.25, 0.3) is 10.9 Å². The second-order valence-electron chi connectivity index (χ2n) is 10.7. The van der Waals surface area contributed by atoms with Crippen molar-refractivity contribution in [3.05, 3.63) is 95.2 Å². The number of esters is 2. The van der Waals surface area contributed by atoms with Crippen LogP contribution in [0.4, 0.5) is 0 Å². The molecule has 4 aromatic rings. The minimum Gasteiger partial charge on any atom is -0.468 e. The zero-order valence-corrected chi connectivity index (χ0v) is 25.3. The summed E-state index contributed by atoms with van der Waals surface area (Å²) in [7, 11) is -5.97. The van der Waals surface area contributed by atoms with Gasteiger partial charge in [-0.25, -0.2) is 20.8 Å². The van der Waals surface area contributed by atoms with Crippen molar-refractivity contribution in [2.75, 3.05) is 20.0 Å². The molecule has 0 saturated carbocycles. The lowest BCUT2D eigenvalue weighted by atomic mass is 9.68. The number of rotatable bonds is 7. The standard InChI is InChI=1S/C31H31NO8S2/c1-20-9-13-23(14-10-20)41(35,36)19-22-17-31(29(33)39-3,30(34)40-4)18-26-25-7-5-6-8-27(25)32(28(22)26)42(37,38)24-15-11-21(2)12-16-24/h5-16,22H,17-19H2,1-4H3. The Kier molecular flexibility index (Phi) is 7.53. The molecule has 0 N–H and O–H groups in total. The molecule has 42 heavy (non-hydrogen) atoms. The predicted octanol–water partition coefficient (Wildman–Crippen LogP) is 4.33. The monoisotopic (exact) mass is 609 g/mol. The third-order valence-electron chi connectivity index (χ3n) is 7.95. The van der Waals surface area contributed by atoms with Gasteiger partial charge in [-0.2, -0.15) is 0 Å². The van der Waals surface area contributed by atoms with E-state index in [1.165, 1.54) is 28.2 Å². The lowest BCUT2D eigenvalue weighted by Crippen LogP contribution is -2.47. The summed E-state index contributed by atoms with van der Waals surface area (Å²) >= 11 is 0. The van der Waals surface area contributed by atoms with Crippen molar-refractivity contribution >= 4 is 42.7 Å². The van der Waals surface area contributed by atoms with E-state index in [0.717, 1.165) is 25.3 Å². The van der Waals surface area contributed by atoms with Crippen LogP contribution in [0, 0.1) is 19.3 Å².